The van der Waals surface area contributed by atoms with E-state index in [0.717, 1.165) is 12.0 Å². The third-order valence-electron chi connectivity index (χ3n) is 3.68. The van der Waals surface area contributed by atoms with Gasteiger partial charge in [-0.2, -0.15) is 0 Å². The maximum Gasteiger partial charge on any atom is 0.233 e. The zero-order valence-electron chi connectivity index (χ0n) is 9.59. The molecule has 3 unspecified atom stereocenters. The number of hydrogen-bond acceptors (Lipinski definition) is 3. The first kappa shape index (κ1) is 10.3. The van der Waals surface area contributed by atoms with E-state index in [1.54, 1.807) is 6.07 Å². The van der Waals surface area contributed by atoms with Crippen LogP contribution in [0.2, 0.25) is 0 Å². The van der Waals surface area contributed by atoms with Gasteiger partial charge in [0.15, 0.2) is 0 Å². The Balaban J connectivity index is 1.90. The summed E-state index contributed by atoms with van der Waals surface area (Å²) in [6.45, 7) is 1.87. The number of anilines is 1. The van der Waals surface area contributed by atoms with Crippen molar-refractivity contribution in [2.45, 2.75) is 19.4 Å². The lowest BCUT2D eigenvalue weighted by Crippen LogP contribution is -2.35. The predicted octanol–water partition coefficient (Wildman–Crippen LogP) is 1.33. The second-order valence-electron chi connectivity index (χ2n) is 4.84. The molecule has 3 atom stereocenters. The first-order valence-electron chi connectivity index (χ1n) is 5.82. The van der Waals surface area contributed by atoms with Gasteiger partial charge in [0.05, 0.1) is 17.9 Å². The summed E-state index contributed by atoms with van der Waals surface area (Å²) in [5, 5.41) is 0. The molecule has 1 saturated heterocycles. The van der Waals surface area contributed by atoms with Gasteiger partial charge in [-0.05, 0) is 31.0 Å². The fourth-order valence-electron chi connectivity index (χ4n) is 2.56. The van der Waals surface area contributed by atoms with Crippen LogP contribution in [0.15, 0.2) is 24.3 Å². The number of nitrogens with zero attached hydrogens (tertiary/aromatic N) is 1. The summed E-state index contributed by atoms with van der Waals surface area (Å²) in [5.74, 6) is -0.109. The molecule has 0 radical (unpaired) electrons. The number of piperidine rings is 1. The Labute approximate surface area is 99.4 Å². The van der Waals surface area contributed by atoms with E-state index in [0.29, 0.717) is 5.69 Å². The normalized spacial score (nSPS) is 28.2. The Morgan fingerprint density at radius 3 is 2.53 bits per heavy atom. The fourth-order valence-corrected chi connectivity index (χ4v) is 2.56. The van der Waals surface area contributed by atoms with Crippen LogP contribution >= 0.6 is 0 Å². The lowest BCUT2D eigenvalue weighted by molar-refractivity contribution is -0.143. The highest BCUT2D eigenvalue weighted by Crippen LogP contribution is 2.49. The van der Waals surface area contributed by atoms with E-state index in [1.165, 1.54) is 4.90 Å². The predicted molar refractivity (Wildman–Crippen MR) is 62.7 cm³/mol. The van der Waals surface area contributed by atoms with Gasteiger partial charge in [0, 0.05) is 5.69 Å². The van der Waals surface area contributed by atoms with Crippen molar-refractivity contribution in [2.24, 2.45) is 11.8 Å². The van der Waals surface area contributed by atoms with Crippen molar-refractivity contribution in [2.75, 3.05) is 5.73 Å². The Bertz CT molecular complexity index is 492. The third-order valence-corrected chi connectivity index (χ3v) is 3.68. The smallest absolute Gasteiger partial charge is 0.233 e. The topological polar surface area (TPSA) is 63.4 Å². The Kier molecular flexibility index (Phi) is 2.02. The fraction of sp³-hybridized carbons (Fsp3) is 0.385. The Hall–Kier alpha value is -1.84. The largest absolute Gasteiger partial charge is 0.399 e. The minimum atomic E-state index is -0.216. The van der Waals surface area contributed by atoms with Crippen molar-refractivity contribution in [3.05, 3.63) is 29.8 Å². The number of hydrogen-bond donors (Lipinski definition) is 1. The second kappa shape index (κ2) is 3.32. The highest BCUT2D eigenvalue weighted by atomic mass is 16.2. The molecule has 2 aliphatic rings. The number of rotatable bonds is 2. The van der Waals surface area contributed by atoms with E-state index in [4.69, 9.17) is 5.73 Å². The number of benzene rings is 1. The Morgan fingerprint density at radius 1 is 1.29 bits per heavy atom. The van der Waals surface area contributed by atoms with Crippen LogP contribution in [0.5, 0.6) is 0 Å². The summed E-state index contributed by atoms with van der Waals surface area (Å²) in [6.07, 6.45) is 0.748. The first-order valence-corrected chi connectivity index (χ1v) is 5.82. The van der Waals surface area contributed by atoms with Gasteiger partial charge in [-0.25, -0.2) is 0 Å². The molecule has 1 heterocycles. The number of carbonyl (C=O) groups is 2. The van der Waals surface area contributed by atoms with Crippen LogP contribution in [0.25, 0.3) is 0 Å². The lowest BCUT2D eigenvalue weighted by atomic mass is 10.1. The number of fused-ring (bicyclic) bond motifs is 1. The quantitative estimate of drug-likeness (QED) is 0.616. The van der Waals surface area contributed by atoms with E-state index < -0.39 is 0 Å². The van der Waals surface area contributed by atoms with Crippen molar-refractivity contribution >= 4 is 17.5 Å². The third kappa shape index (κ3) is 1.44. The molecule has 3 rings (SSSR count). The Morgan fingerprint density at radius 2 is 1.94 bits per heavy atom. The van der Waals surface area contributed by atoms with Crippen molar-refractivity contribution < 1.29 is 9.59 Å². The van der Waals surface area contributed by atoms with Crippen molar-refractivity contribution in [3.8, 4) is 0 Å². The standard InChI is InChI=1S/C13H14N2O2/c1-7(8-3-2-4-9(14)5-8)15-12(16)10-6-11(10)13(15)17/h2-5,7,10-11H,6,14H2,1H3. The zero-order chi connectivity index (χ0) is 12.2. The molecule has 88 valence electrons. The van der Waals surface area contributed by atoms with E-state index >= 15 is 0 Å². The molecule has 1 aromatic rings. The van der Waals surface area contributed by atoms with Crippen LogP contribution < -0.4 is 5.73 Å². The molecule has 1 aromatic carbocycles. The van der Waals surface area contributed by atoms with Crippen LogP contribution in [0.3, 0.4) is 0 Å². The molecule has 2 amide bonds. The van der Waals surface area contributed by atoms with Crippen molar-refractivity contribution in [3.63, 3.8) is 0 Å². The van der Waals surface area contributed by atoms with Crippen molar-refractivity contribution in [1.29, 1.82) is 0 Å². The molecule has 0 aromatic heterocycles. The maximum absolute atomic E-state index is 11.9. The summed E-state index contributed by atoms with van der Waals surface area (Å²) in [5.41, 5.74) is 7.27. The molecule has 1 aliphatic heterocycles. The van der Waals surface area contributed by atoms with Crippen LogP contribution in [0.4, 0.5) is 5.69 Å². The van der Waals surface area contributed by atoms with Gasteiger partial charge in [-0.3, -0.25) is 14.5 Å². The van der Waals surface area contributed by atoms with Gasteiger partial charge >= 0.3 is 0 Å². The van der Waals surface area contributed by atoms with Crippen molar-refractivity contribution in [1.82, 2.24) is 4.90 Å². The van der Waals surface area contributed by atoms with Crippen LogP contribution in [0, 0.1) is 11.8 Å². The minimum Gasteiger partial charge on any atom is -0.399 e. The minimum absolute atomic E-state index is 0.0186. The van der Waals surface area contributed by atoms with Gasteiger partial charge in [-0.15, -0.1) is 0 Å². The van der Waals surface area contributed by atoms with Gasteiger partial charge in [-0.1, -0.05) is 12.1 Å². The summed E-state index contributed by atoms with van der Waals surface area (Å²) in [6, 6.07) is 7.13. The van der Waals surface area contributed by atoms with E-state index in [2.05, 4.69) is 0 Å². The molecule has 4 nitrogen and oxygen atoms in total. The number of imide groups is 1. The molecular weight excluding hydrogens is 216 g/mol. The highest BCUT2D eigenvalue weighted by Gasteiger charge is 2.59. The van der Waals surface area contributed by atoms with E-state index in [9.17, 15) is 9.59 Å². The monoisotopic (exact) mass is 230 g/mol. The maximum atomic E-state index is 11.9. The summed E-state index contributed by atoms with van der Waals surface area (Å²) >= 11 is 0. The number of amides is 2. The van der Waals surface area contributed by atoms with Gasteiger partial charge in [0.25, 0.3) is 0 Å². The number of likely N-dealkylation sites (tertiary alicyclic amines) is 1. The first-order chi connectivity index (χ1) is 8.09. The molecule has 4 heteroatoms. The molecule has 2 fully saturated rings. The number of nitrogen functional groups attached to an aromatic ring is 1. The molecule has 1 saturated carbocycles. The van der Waals surface area contributed by atoms with Gasteiger partial charge < -0.3 is 5.73 Å². The van der Waals surface area contributed by atoms with Crippen LogP contribution in [0.1, 0.15) is 24.9 Å². The average Bonchev–Trinajstić information content (AvgIpc) is 3.04. The number of nitrogens with two attached hydrogens (primary N) is 1. The second-order valence-corrected chi connectivity index (χ2v) is 4.84. The molecule has 17 heavy (non-hydrogen) atoms. The van der Waals surface area contributed by atoms with Gasteiger partial charge in [0.2, 0.25) is 11.8 Å². The van der Waals surface area contributed by atoms with E-state index in [-0.39, 0.29) is 29.7 Å². The highest BCUT2D eigenvalue weighted by molar-refractivity contribution is 6.09. The van der Waals surface area contributed by atoms with E-state index in [1.807, 2.05) is 25.1 Å². The van der Waals surface area contributed by atoms with Gasteiger partial charge in [0.1, 0.15) is 0 Å². The average molecular weight is 230 g/mol. The summed E-state index contributed by atoms with van der Waals surface area (Å²) in [4.78, 5) is 25.3. The summed E-state index contributed by atoms with van der Waals surface area (Å²) in [7, 11) is 0. The van der Waals surface area contributed by atoms with Crippen LogP contribution in [-0.4, -0.2) is 16.7 Å². The lowest BCUT2D eigenvalue weighted by Gasteiger charge is -2.24. The molecule has 1 aliphatic carbocycles. The number of carbonyl (C=O) groups excluding carboxylic acids is 2. The van der Waals surface area contributed by atoms with Crippen LogP contribution in [-0.2, 0) is 9.59 Å². The molecule has 0 bridgehead atoms. The zero-order valence-corrected chi connectivity index (χ0v) is 9.59. The SMILES string of the molecule is CC(c1cccc(N)c1)N1C(=O)C2CC2C1=O. The molecule has 0 spiro atoms. The molecule has 2 N–H and O–H groups in total. The molecular formula is C13H14N2O2. The summed E-state index contributed by atoms with van der Waals surface area (Å²) < 4.78 is 0.